The van der Waals surface area contributed by atoms with E-state index < -0.39 is 0 Å². The Kier molecular flexibility index (Phi) is 4.28. The Hall–Kier alpha value is -0.280. The van der Waals surface area contributed by atoms with Crippen LogP contribution in [0.4, 0.5) is 0 Å². The summed E-state index contributed by atoms with van der Waals surface area (Å²) in [6.45, 7) is 0. The predicted molar refractivity (Wildman–Crippen MR) is 81.9 cm³/mol. The molecule has 2 N–H and O–H groups in total. The van der Waals surface area contributed by atoms with Crippen LogP contribution in [-0.2, 0) is 4.79 Å². The van der Waals surface area contributed by atoms with Gasteiger partial charge in [-0.3, -0.25) is 4.79 Å². The van der Waals surface area contributed by atoms with Crippen LogP contribution in [0.5, 0.6) is 0 Å². The lowest BCUT2D eigenvalue weighted by molar-refractivity contribution is -0.123. The number of hydrogen-bond donors (Lipinski definition) is 2. The molecule has 2 saturated carbocycles. The van der Waals surface area contributed by atoms with Gasteiger partial charge in [0.15, 0.2) is 0 Å². The van der Waals surface area contributed by atoms with Gasteiger partial charge in [-0.05, 0) is 62.7 Å². The standard InChI is InChI=1S/C16H26N2O.ClH/c19-16(7-12-6-10-1-2-11(12)5-10)18-15-8-13-3-4-14(9-15)17-13;/h10-15,17H,1-9H2,(H,18,19);1H. The van der Waals surface area contributed by atoms with Gasteiger partial charge in [-0.15, -0.1) is 12.4 Å². The van der Waals surface area contributed by atoms with Crippen LogP contribution in [0.2, 0.25) is 0 Å². The fourth-order valence-corrected chi connectivity index (χ4v) is 5.33. The van der Waals surface area contributed by atoms with E-state index in [-0.39, 0.29) is 12.4 Å². The number of amides is 1. The highest BCUT2D eigenvalue weighted by molar-refractivity contribution is 5.85. The Morgan fingerprint density at radius 3 is 2.35 bits per heavy atom. The van der Waals surface area contributed by atoms with Gasteiger partial charge >= 0.3 is 0 Å². The fourth-order valence-electron chi connectivity index (χ4n) is 5.33. The number of nitrogens with one attached hydrogen (secondary N) is 2. The van der Waals surface area contributed by atoms with Gasteiger partial charge in [0.05, 0.1) is 0 Å². The van der Waals surface area contributed by atoms with E-state index in [4.69, 9.17) is 0 Å². The normalized spacial score (nSPS) is 45.2. The minimum atomic E-state index is 0. The Morgan fingerprint density at radius 2 is 1.75 bits per heavy atom. The summed E-state index contributed by atoms with van der Waals surface area (Å²) in [7, 11) is 0. The van der Waals surface area contributed by atoms with Gasteiger partial charge < -0.3 is 10.6 Å². The Labute approximate surface area is 128 Å². The lowest BCUT2D eigenvalue weighted by atomic mass is 9.86. The molecule has 2 saturated heterocycles. The molecule has 4 bridgehead atoms. The van der Waals surface area contributed by atoms with Crippen LogP contribution < -0.4 is 10.6 Å². The molecule has 2 heterocycles. The zero-order valence-electron chi connectivity index (χ0n) is 12.1. The molecule has 1 amide bonds. The average Bonchev–Trinajstić information content (AvgIpc) is 3.05. The van der Waals surface area contributed by atoms with Gasteiger partial charge in [0.1, 0.15) is 0 Å². The second-order valence-corrected chi connectivity index (χ2v) is 7.51. The minimum Gasteiger partial charge on any atom is -0.353 e. The predicted octanol–water partition coefficient (Wildman–Crippen LogP) is 2.63. The van der Waals surface area contributed by atoms with Crippen molar-refractivity contribution in [2.75, 3.05) is 0 Å². The molecular formula is C16H27ClN2O. The summed E-state index contributed by atoms with van der Waals surface area (Å²) in [4.78, 5) is 12.2. The molecule has 5 atom stereocenters. The molecule has 0 aromatic carbocycles. The first-order chi connectivity index (χ1) is 9.26. The molecule has 4 aliphatic rings. The van der Waals surface area contributed by atoms with E-state index >= 15 is 0 Å². The quantitative estimate of drug-likeness (QED) is 0.841. The summed E-state index contributed by atoms with van der Waals surface area (Å²) in [6.07, 6.45) is 11.3. The first-order valence-corrected chi connectivity index (χ1v) is 8.31. The number of carbonyl (C=O) groups excluding carboxylic acids is 1. The molecule has 0 aromatic heterocycles. The molecule has 114 valence electrons. The maximum Gasteiger partial charge on any atom is 0.220 e. The molecule has 0 aromatic rings. The molecule has 0 spiro atoms. The maximum absolute atomic E-state index is 12.2. The number of rotatable bonds is 3. The lowest BCUT2D eigenvalue weighted by Crippen LogP contribution is -2.48. The zero-order chi connectivity index (χ0) is 12.8. The first kappa shape index (κ1) is 14.6. The van der Waals surface area contributed by atoms with E-state index in [2.05, 4.69) is 10.6 Å². The highest BCUT2D eigenvalue weighted by Crippen LogP contribution is 2.49. The molecule has 3 nitrogen and oxygen atoms in total. The van der Waals surface area contributed by atoms with Gasteiger partial charge in [-0.1, -0.05) is 6.42 Å². The highest BCUT2D eigenvalue weighted by Gasteiger charge is 2.40. The molecular weight excluding hydrogens is 272 g/mol. The summed E-state index contributed by atoms with van der Waals surface area (Å²) in [6, 6.07) is 1.79. The Morgan fingerprint density at radius 1 is 1.00 bits per heavy atom. The summed E-state index contributed by atoms with van der Waals surface area (Å²) in [5, 5.41) is 6.96. The highest BCUT2D eigenvalue weighted by atomic mass is 35.5. The first-order valence-electron chi connectivity index (χ1n) is 8.31. The van der Waals surface area contributed by atoms with Crippen molar-refractivity contribution in [1.29, 1.82) is 0 Å². The van der Waals surface area contributed by atoms with Crippen LogP contribution in [0.15, 0.2) is 0 Å². The monoisotopic (exact) mass is 298 g/mol. The number of halogens is 1. The van der Waals surface area contributed by atoms with Gasteiger partial charge in [0, 0.05) is 24.5 Å². The Balaban J connectivity index is 0.00000121. The third kappa shape index (κ3) is 2.85. The van der Waals surface area contributed by atoms with E-state index in [1.54, 1.807) is 0 Å². The van der Waals surface area contributed by atoms with Crippen molar-refractivity contribution in [1.82, 2.24) is 10.6 Å². The van der Waals surface area contributed by atoms with Crippen LogP contribution in [0.3, 0.4) is 0 Å². The van der Waals surface area contributed by atoms with Crippen LogP contribution >= 0.6 is 12.4 Å². The zero-order valence-corrected chi connectivity index (χ0v) is 13.0. The second-order valence-electron chi connectivity index (χ2n) is 7.51. The van der Waals surface area contributed by atoms with Crippen LogP contribution in [0.1, 0.15) is 57.8 Å². The molecule has 4 rings (SSSR count). The minimum absolute atomic E-state index is 0. The molecule has 4 fully saturated rings. The van der Waals surface area contributed by atoms with Crippen molar-refractivity contribution < 1.29 is 4.79 Å². The maximum atomic E-state index is 12.2. The summed E-state index contributed by atoms with van der Waals surface area (Å²) in [5.74, 6) is 2.87. The van der Waals surface area contributed by atoms with Gasteiger partial charge in [0.2, 0.25) is 5.91 Å². The number of fused-ring (bicyclic) bond motifs is 4. The number of carbonyl (C=O) groups is 1. The van der Waals surface area contributed by atoms with Crippen molar-refractivity contribution in [3.63, 3.8) is 0 Å². The van der Waals surface area contributed by atoms with Gasteiger partial charge in [-0.2, -0.15) is 0 Å². The third-order valence-corrected chi connectivity index (χ3v) is 6.17. The van der Waals surface area contributed by atoms with Crippen LogP contribution in [-0.4, -0.2) is 24.0 Å². The summed E-state index contributed by atoms with van der Waals surface area (Å²) < 4.78 is 0. The summed E-state index contributed by atoms with van der Waals surface area (Å²) in [5.41, 5.74) is 0. The molecule has 2 aliphatic carbocycles. The van der Waals surface area contributed by atoms with E-state index in [0.717, 1.165) is 31.1 Å². The lowest BCUT2D eigenvalue weighted by Gasteiger charge is -2.30. The molecule has 2 aliphatic heterocycles. The van der Waals surface area contributed by atoms with Crippen LogP contribution in [0.25, 0.3) is 0 Å². The van der Waals surface area contributed by atoms with Gasteiger partial charge in [-0.25, -0.2) is 0 Å². The van der Waals surface area contributed by atoms with Crippen molar-refractivity contribution in [2.45, 2.75) is 75.9 Å². The van der Waals surface area contributed by atoms with Crippen molar-refractivity contribution in [3.05, 3.63) is 0 Å². The average molecular weight is 299 g/mol. The van der Waals surface area contributed by atoms with Crippen molar-refractivity contribution in [3.8, 4) is 0 Å². The SMILES string of the molecule is Cl.O=C(CC1CC2CCC1C2)NC1CC2CCC(C1)N2. The molecule has 20 heavy (non-hydrogen) atoms. The number of hydrogen-bond acceptors (Lipinski definition) is 2. The van der Waals surface area contributed by atoms with Crippen molar-refractivity contribution >= 4 is 18.3 Å². The topological polar surface area (TPSA) is 41.1 Å². The van der Waals surface area contributed by atoms with E-state index in [9.17, 15) is 4.79 Å². The van der Waals surface area contributed by atoms with E-state index in [1.165, 1.54) is 38.5 Å². The summed E-state index contributed by atoms with van der Waals surface area (Å²) >= 11 is 0. The molecule has 5 unspecified atom stereocenters. The van der Waals surface area contributed by atoms with E-state index in [0.29, 0.717) is 30.0 Å². The van der Waals surface area contributed by atoms with Crippen LogP contribution in [0, 0.1) is 17.8 Å². The van der Waals surface area contributed by atoms with Crippen molar-refractivity contribution in [2.24, 2.45) is 17.8 Å². The Bertz CT molecular complexity index is 363. The molecule has 0 radical (unpaired) electrons. The van der Waals surface area contributed by atoms with Gasteiger partial charge in [0.25, 0.3) is 0 Å². The third-order valence-electron chi connectivity index (χ3n) is 6.17. The second kappa shape index (κ2) is 5.84. The largest absolute Gasteiger partial charge is 0.353 e. The molecule has 4 heteroatoms. The van der Waals surface area contributed by atoms with E-state index in [1.807, 2.05) is 0 Å². The fraction of sp³-hybridized carbons (Fsp3) is 0.938. The smallest absolute Gasteiger partial charge is 0.220 e. The number of piperidine rings is 1.